The van der Waals surface area contributed by atoms with Crippen LogP contribution in [0.1, 0.15) is 35.7 Å². The lowest BCUT2D eigenvalue weighted by Gasteiger charge is -2.26. The summed E-state index contributed by atoms with van der Waals surface area (Å²) in [5.74, 6) is 1.18. The molecule has 29 heavy (non-hydrogen) atoms. The minimum Gasteiger partial charge on any atom is -0.390 e. The predicted octanol–water partition coefficient (Wildman–Crippen LogP) is 2.54. The number of nitrogens with one attached hydrogen (secondary N) is 1. The molecule has 0 spiro atoms. The van der Waals surface area contributed by atoms with Crippen LogP contribution in [0.15, 0.2) is 48.7 Å². The molecule has 1 aromatic carbocycles. The van der Waals surface area contributed by atoms with E-state index in [-0.39, 0.29) is 11.7 Å². The van der Waals surface area contributed by atoms with Crippen LogP contribution < -0.4 is 5.32 Å². The highest BCUT2D eigenvalue weighted by Crippen LogP contribution is 2.45. The Labute approximate surface area is 171 Å². The quantitative estimate of drug-likeness (QED) is 0.737. The van der Waals surface area contributed by atoms with Gasteiger partial charge in [0.05, 0.1) is 12.1 Å². The third-order valence-corrected chi connectivity index (χ3v) is 6.07. The van der Waals surface area contributed by atoms with Crippen LogP contribution in [-0.2, 0) is 11.2 Å². The summed E-state index contributed by atoms with van der Waals surface area (Å²) in [4.78, 5) is 30.0. The molecule has 2 aromatic rings. The second kappa shape index (κ2) is 8.05. The zero-order valence-electron chi connectivity index (χ0n) is 16.7. The number of benzene rings is 1. The van der Waals surface area contributed by atoms with Crippen LogP contribution >= 0.6 is 0 Å². The summed E-state index contributed by atoms with van der Waals surface area (Å²) in [6, 6.07) is 13.5. The molecule has 0 bridgehead atoms. The summed E-state index contributed by atoms with van der Waals surface area (Å²) < 4.78 is 0. The first kappa shape index (κ1) is 19.7. The van der Waals surface area contributed by atoms with E-state index in [0.717, 1.165) is 25.9 Å². The summed E-state index contributed by atoms with van der Waals surface area (Å²) in [5, 5.41) is 13.7. The Hall–Kier alpha value is -2.57. The molecular weight excluding hydrogens is 366 g/mol. The van der Waals surface area contributed by atoms with E-state index in [1.165, 1.54) is 18.7 Å². The van der Waals surface area contributed by atoms with Gasteiger partial charge in [-0.2, -0.15) is 0 Å². The van der Waals surface area contributed by atoms with Gasteiger partial charge in [-0.3, -0.25) is 14.5 Å². The van der Waals surface area contributed by atoms with Gasteiger partial charge in [0.1, 0.15) is 5.82 Å². The molecule has 152 valence electrons. The molecule has 2 fully saturated rings. The smallest absolute Gasteiger partial charge is 0.222 e. The third-order valence-electron chi connectivity index (χ3n) is 6.07. The second-order valence-corrected chi connectivity index (χ2v) is 8.55. The van der Waals surface area contributed by atoms with Crippen LogP contribution in [0.3, 0.4) is 0 Å². The van der Waals surface area contributed by atoms with E-state index >= 15 is 0 Å². The number of hydrogen-bond acceptors (Lipinski definition) is 5. The van der Waals surface area contributed by atoms with E-state index in [4.69, 9.17) is 0 Å². The summed E-state index contributed by atoms with van der Waals surface area (Å²) in [6.45, 7) is 3.49. The number of likely N-dealkylation sites (tertiary alicyclic amines) is 1. The lowest BCUT2D eigenvalue weighted by molar-refractivity contribution is -0.114. The monoisotopic (exact) mass is 393 g/mol. The van der Waals surface area contributed by atoms with Crippen molar-refractivity contribution in [3.63, 3.8) is 0 Å². The lowest BCUT2D eigenvalue weighted by Crippen LogP contribution is -2.34. The van der Waals surface area contributed by atoms with Gasteiger partial charge in [-0.05, 0) is 42.4 Å². The number of nitrogens with zero attached hydrogens (tertiary/aromatic N) is 2. The molecule has 2 heterocycles. The molecule has 1 aromatic heterocycles. The van der Waals surface area contributed by atoms with Gasteiger partial charge in [0, 0.05) is 38.2 Å². The molecule has 4 rings (SSSR count). The number of amides is 1. The van der Waals surface area contributed by atoms with E-state index < -0.39 is 5.60 Å². The first-order valence-corrected chi connectivity index (χ1v) is 10.2. The van der Waals surface area contributed by atoms with E-state index in [1.54, 1.807) is 12.1 Å². The number of carbonyl (C=O) groups is 2. The van der Waals surface area contributed by atoms with Gasteiger partial charge < -0.3 is 10.4 Å². The molecule has 2 N–H and O–H groups in total. The van der Waals surface area contributed by atoms with Crippen LogP contribution in [0.4, 0.5) is 5.82 Å². The number of hydrogen-bond donors (Lipinski definition) is 2. The number of fused-ring (bicyclic) bond motifs is 1. The Morgan fingerprint density at radius 1 is 1.14 bits per heavy atom. The lowest BCUT2D eigenvalue weighted by atomic mass is 9.91. The van der Waals surface area contributed by atoms with Crippen molar-refractivity contribution < 1.29 is 14.7 Å². The standard InChI is InChI=1S/C23H27N3O3/c1-16(27)25-22-8-7-18(12-24-22)21(28)15-26-13-19-10-23(29,11-20(19)14-26)9-17-5-3-2-4-6-17/h2-8,12,19-20,29H,9-11,13-15H2,1H3,(H,24,25,27)/t19-,20?,23-/m1/s1. The number of pyridine rings is 1. The van der Waals surface area contributed by atoms with Crippen LogP contribution in [-0.4, -0.2) is 51.9 Å². The summed E-state index contributed by atoms with van der Waals surface area (Å²) in [5.41, 5.74) is 1.10. The van der Waals surface area contributed by atoms with Crippen LogP contribution in [0, 0.1) is 11.8 Å². The Morgan fingerprint density at radius 2 is 1.83 bits per heavy atom. The van der Waals surface area contributed by atoms with Crippen molar-refractivity contribution in [1.82, 2.24) is 9.88 Å². The van der Waals surface area contributed by atoms with Crippen molar-refractivity contribution in [2.24, 2.45) is 11.8 Å². The highest BCUT2D eigenvalue weighted by Gasteiger charge is 2.48. The Bertz CT molecular complexity index is 868. The fourth-order valence-electron chi connectivity index (χ4n) is 4.91. The second-order valence-electron chi connectivity index (χ2n) is 8.55. The number of aliphatic hydroxyl groups is 1. The van der Waals surface area contributed by atoms with Gasteiger partial charge in [0.15, 0.2) is 5.78 Å². The summed E-state index contributed by atoms with van der Waals surface area (Å²) in [6.07, 6.45) is 3.81. The molecule has 1 unspecified atom stereocenters. The molecule has 1 amide bonds. The van der Waals surface area contributed by atoms with Gasteiger partial charge in [-0.25, -0.2) is 4.98 Å². The number of anilines is 1. The van der Waals surface area contributed by atoms with E-state index in [9.17, 15) is 14.7 Å². The number of Topliss-reactive ketones (excluding diaryl/α,β-unsaturated/α-hetero) is 1. The number of aromatic nitrogens is 1. The Balaban J connectivity index is 1.30. The predicted molar refractivity (Wildman–Crippen MR) is 111 cm³/mol. The SMILES string of the molecule is CC(=O)Nc1ccc(C(=O)CN2CC3C[C@@](O)(Cc4ccccc4)C[C@@H]3C2)cn1. The van der Waals surface area contributed by atoms with Crippen molar-refractivity contribution in [3.8, 4) is 0 Å². The van der Waals surface area contributed by atoms with Gasteiger partial charge >= 0.3 is 0 Å². The third kappa shape index (κ3) is 4.71. The van der Waals surface area contributed by atoms with Gasteiger partial charge in [0.2, 0.25) is 5.91 Å². The maximum atomic E-state index is 12.6. The van der Waals surface area contributed by atoms with Gasteiger partial charge in [-0.15, -0.1) is 0 Å². The zero-order chi connectivity index (χ0) is 20.4. The van der Waals surface area contributed by atoms with E-state index in [0.29, 0.717) is 36.2 Å². The topological polar surface area (TPSA) is 82.5 Å². The Morgan fingerprint density at radius 3 is 2.41 bits per heavy atom. The fourth-order valence-corrected chi connectivity index (χ4v) is 4.91. The van der Waals surface area contributed by atoms with Crippen molar-refractivity contribution in [1.29, 1.82) is 0 Å². The average molecular weight is 393 g/mol. The maximum Gasteiger partial charge on any atom is 0.222 e. The highest BCUT2D eigenvalue weighted by molar-refractivity contribution is 5.97. The molecule has 1 saturated carbocycles. The number of carbonyl (C=O) groups excluding carboxylic acids is 2. The first-order chi connectivity index (χ1) is 13.9. The molecular formula is C23H27N3O3. The van der Waals surface area contributed by atoms with Crippen molar-refractivity contribution in [2.75, 3.05) is 25.0 Å². The molecule has 3 atom stereocenters. The summed E-state index contributed by atoms with van der Waals surface area (Å²) >= 11 is 0. The minimum atomic E-state index is -0.629. The zero-order valence-corrected chi connectivity index (χ0v) is 16.7. The minimum absolute atomic E-state index is 0.0337. The molecule has 2 aliphatic rings. The number of rotatable bonds is 6. The van der Waals surface area contributed by atoms with Crippen LogP contribution in [0.2, 0.25) is 0 Å². The molecule has 1 saturated heterocycles. The molecule has 6 nitrogen and oxygen atoms in total. The molecule has 1 aliphatic carbocycles. The summed E-state index contributed by atoms with van der Waals surface area (Å²) in [7, 11) is 0. The van der Waals surface area contributed by atoms with Crippen molar-refractivity contribution in [2.45, 2.75) is 31.8 Å². The molecule has 1 aliphatic heterocycles. The van der Waals surface area contributed by atoms with Crippen molar-refractivity contribution in [3.05, 3.63) is 59.8 Å². The average Bonchev–Trinajstić information content (AvgIpc) is 3.16. The maximum absolute atomic E-state index is 12.6. The largest absolute Gasteiger partial charge is 0.390 e. The molecule has 0 radical (unpaired) electrons. The van der Waals surface area contributed by atoms with E-state index in [2.05, 4.69) is 27.3 Å². The Kier molecular flexibility index (Phi) is 5.48. The highest BCUT2D eigenvalue weighted by atomic mass is 16.3. The first-order valence-electron chi connectivity index (χ1n) is 10.2. The van der Waals surface area contributed by atoms with Gasteiger partial charge in [-0.1, -0.05) is 30.3 Å². The van der Waals surface area contributed by atoms with Gasteiger partial charge in [0.25, 0.3) is 0 Å². The van der Waals surface area contributed by atoms with Crippen LogP contribution in [0.25, 0.3) is 0 Å². The fraction of sp³-hybridized carbons (Fsp3) is 0.435. The normalized spacial score (nSPS) is 26.3. The van der Waals surface area contributed by atoms with Crippen LogP contribution in [0.5, 0.6) is 0 Å². The van der Waals surface area contributed by atoms with E-state index in [1.807, 2.05) is 18.2 Å². The van der Waals surface area contributed by atoms with Crippen molar-refractivity contribution >= 4 is 17.5 Å². The number of ketones is 1. The molecule has 6 heteroatoms.